The highest BCUT2D eigenvalue weighted by Gasteiger charge is 2.67. The number of nitrogens with zero attached hydrogens (tertiary/aromatic N) is 3. The Morgan fingerprint density at radius 3 is 2.27 bits per heavy atom. The Labute approximate surface area is 209 Å². The Bertz CT molecular complexity index is 1350. The maximum absolute atomic E-state index is 13.8. The van der Waals surface area contributed by atoms with Crippen molar-refractivity contribution in [1.29, 1.82) is 0 Å². The average molecular weight is 518 g/mol. The van der Waals surface area contributed by atoms with E-state index in [0.29, 0.717) is 0 Å². The number of anilines is 1. The van der Waals surface area contributed by atoms with Crippen molar-refractivity contribution in [3.05, 3.63) is 44.2 Å². The van der Waals surface area contributed by atoms with E-state index >= 15 is 0 Å². The summed E-state index contributed by atoms with van der Waals surface area (Å²) in [6.07, 6.45) is -1.97. The van der Waals surface area contributed by atoms with Gasteiger partial charge in [-0.3, -0.25) is 29.4 Å². The number of benzene rings is 1. The number of carbonyl (C=O) groups excluding carboxylic acids is 3. The minimum absolute atomic E-state index is 0.178. The summed E-state index contributed by atoms with van der Waals surface area (Å²) < 4.78 is 0. The van der Waals surface area contributed by atoms with E-state index in [9.17, 15) is 50.0 Å². The molecular formula is C23H26N4O10. The first-order valence-corrected chi connectivity index (χ1v) is 11.1. The van der Waals surface area contributed by atoms with Crippen LogP contribution in [-0.2, 0) is 20.8 Å². The maximum atomic E-state index is 13.8. The van der Waals surface area contributed by atoms with E-state index in [2.05, 4.69) is 0 Å². The Kier molecular flexibility index (Phi) is 5.82. The average Bonchev–Trinajstić information content (AvgIpc) is 2.78. The number of phenolic OH excluding ortho intramolecular Hbond substituents is 1. The van der Waals surface area contributed by atoms with Crippen LogP contribution in [0, 0.1) is 22.0 Å². The second-order valence-electron chi connectivity index (χ2n) is 9.81. The first-order chi connectivity index (χ1) is 17.1. The Balaban J connectivity index is 2.08. The number of hydrogen-bond acceptors (Lipinski definition) is 12. The number of nitrogens with two attached hydrogens (primary N) is 1. The molecule has 14 heteroatoms. The Morgan fingerprint density at radius 1 is 1.19 bits per heavy atom. The zero-order valence-electron chi connectivity index (χ0n) is 20.3. The molecule has 0 heterocycles. The van der Waals surface area contributed by atoms with Gasteiger partial charge in [0.05, 0.1) is 28.6 Å². The molecule has 3 aliphatic carbocycles. The molecule has 1 amide bonds. The number of aromatic hydroxyl groups is 1. The van der Waals surface area contributed by atoms with Crippen molar-refractivity contribution >= 4 is 34.6 Å². The molecule has 0 spiro atoms. The lowest BCUT2D eigenvalue weighted by Crippen LogP contribution is -2.70. The number of aliphatic hydroxyl groups excluding tert-OH is 3. The van der Waals surface area contributed by atoms with Gasteiger partial charge >= 0.3 is 5.69 Å². The number of rotatable bonds is 4. The molecular weight excluding hydrogens is 492 g/mol. The molecule has 7 N–H and O–H groups in total. The standard InChI is InChI=1S/C23H26N4O10/c1-25(2)9-6-10(27(36)37)17(29)11-7(9)5-8-12(18(11)30)20(32)23(35)14(16(8)28)15(26(3)4)19(31)13(21(23)33)22(24)34/h6,8,14-16,28-30,33,35H,5H2,1-4H3,(H2,24,34)/t8?,14?,15-,16-,23-/m0/s1. The second-order valence-corrected chi connectivity index (χ2v) is 9.81. The van der Waals surface area contributed by atoms with Crippen LogP contribution in [0.4, 0.5) is 11.4 Å². The van der Waals surface area contributed by atoms with Crippen molar-refractivity contribution in [2.24, 2.45) is 17.6 Å². The smallest absolute Gasteiger partial charge is 0.313 e. The van der Waals surface area contributed by atoms with Gasteiger partial charge in [0.15, 0.2) is 11.4 Å². The van der Waals surface area contributed by atoms with Crippen LogP contribution in [-0.4, -0.2) is 98.8 Å². The van der Waals surface area contributed by atoms with Gasteiger partial charge in [-0.05, 0) is 26.1 Å². The number of ketones is 2. The topological polar surface area (TPSA) is 228 Å². The molecule has 0 radical (unpaired) electrons. The number of nitro groups is 1. The van der Waals surface area contributed by atoms with Crippen LogP contribution in [0.5, 0.6) is 5.75 Å². The minimum Gasteiger partial charge on any atom is -0.508 e. The molecule has 1 saturated carbocycles. The van der Waals surface area contributed by atoms with Gasteiger partial charge < -0.3 is 36.2 Å². The Morgan fingerprint density at radius 2 is 1.78 bits per heavy atom. The van der Waals surface area contributed by atoms with E-state index in [4.69, 9.17) is 5.73 Å². The number of carbonyl (C=O) groups is 3. The lowest BCUT2D eigenvalue weighted by Gasteiger charge is -2.52. The first-order valence-electron chi connectivity index (χ1n) is 11.1. The number of amides is 1. The molecule has 3 aliphatic rings. The maximum Gasteiger partial charge on any atom is 0.313 e. The molecule has 2 unspecified atom stereocenters. The molecule has 1 fully saturated rings. The van der Waals surface area contributed by atoms with Crippen LogP contribution < -0.4 is 10.6 Å². The third-order valence-corrected chi connectivity index (χ3v) is 7.44. The molecule has 1 aromatic rings. The van der Waals surface area contributed by atoms with Crippen LogP contribution in [0.3, 0.4) is 0 Å². The van der Waals surface area contributed by atoms with E-state index in [1.165, 1.54) is 23.9 Å². The summed E-state index contributed by atoms with van der Waals surface area (Å²) in [5.41, 5.74) is -0.252. The molecule has 0 saturated heterocycles. The number of aliphatic hydroxyl groups is 4. The lowest BCUT2D eigenvalue weighted by atomic mass is 9.56. The fraction of sp³-hybridized carbons (Fsp3) is 0.435. The highest BCUT2D eigenvalue weighted by Crippen LogP contribution is 2.54. The highest BCUT2D eigenvalue weighted by molar-refractivity contribution is 6.24. The quantitative estimate of drug-likeness (QED) is 0.159. The van der Waals surface area contributed by atoms with Crippen molar-refractivity contribution < 1.29 is 44.8 Å². The summed E-state index contributed by atoms with van der Waals surface area (Å²) in [6.45, 7) is 0. The molecule has 37 heavy (non-hydrogen) atoms. The number of fused-ring (bicyclic) bond motifs is 3. The van der Waals surface area contributed by atoms with Crippen molar-refractivity contribution in [1.82, 2.24) is 4.90 Å². The van der Waals surface area contributed by atoms with Crippen molar-refractivity contribution in [2.75, 3.05) is 33.1 Å². The van der Waals surface area contributed by atoms with Gasteiger partial charge in [0.2, 0.25) is 11.5 Å². The van der Waals surface area contributed by atoms with E-state index in [-0.39, 0.29) is 17.7 Å². The molecule has 0 bridgehead atoms. The fourth-order valence-corrected chi connectivity index (χ4v) is 5.83. The molecule has 198 valence electrons. The van der Waals surface area contributed by atoms with E-state index < -0.39 is 91.6 Å². The number of nitro benzene ring substituents is 1. The molecule has 0 aromatic heterocycles. The van der Waals surface area contributed by atoms with Crippen LogP contribution in [0.15, 0.2) is 23.0 Å². The summed E-state index contributed by atoms with van der Waals surface area (Å²) in [6, 6.07) is -0.383. The van der Waals surface area contributed by atoms with Gasteiger partial charge in [-0.2, -0.15) is 0 Å². The molecule has 1 aromatic carbocycles. The largest absolute Gasteiger partial charge is 0.508 e. The predicted octanol–water partition coefficient (Wildman–Crippen LogP) is -1.09. The summed E-state index contributed by atoms with van der Waals surface area (Å²) in [5, 5.41) is 67.3. The monoisotopic (exact) mass is 518 g/mol. The zero-order chi connectivity index (χ0) is 27.9. The van der Waals surface area contributed by atoms with Gasteiger partial charge in [0.25, 0.3) is 5.91 Å². The SMILES string of the molecule is CN(C)c1cc([N+](=O)[O-])c(O)c2c1CC1C(=C2O)C(=O)[C@]2(O)C(O)=C(C(N)=O)C(=O)[C@@H](N(C)C)C2[C@H]1O. The third-order valence-electron chi connectivity index (χ3n) is 7.44. The van der Waals surface area contributed by atoms with Crippen LogP contribution in [0.1, 0.15) is 11.1 Å². The van der Waals surface area contributed by atoms with Gasteiger partial charge in [-0.15, -0.1) is 0 Å². The highest BCUT2D eigenvalue weighted by atomic mass is 16.6. The van der Waals surface area contributed by atoms with Crippen molar-refractivity contribution in [3.8, 4) is 5.75 Å². The van der Waals surface area contributed by atoms with Gasteiger partial charge in [-0.1, -0.05) is 0 Å². The summed E-state index contributed by atoms with van der Waals surface area (Å²) >= 11 is 0. The third kappa shape index (κ3) is 3.26. The van der Waals surface area contributed by atoms with E-state index in [1.54, 1.807) is 14.1 Å². The molecule has 14 nitrogen and oxygen atoms in total. The minimum atomic E-state index is -3.05. The van der Waals surface area contributed by atoms with Gasteiger partial charge in [0.1, 0.15) is 17.1 Å². The lowest BCUT2D eigenvalue weighted by molar-refractivity contribution is -0.385. The number of hydrogen-bond donors (Lipinski definition) is 6. The predicted molar refractivity (Wildman–Crippen MR) is 127 cm³/mol. The summed E-state index contributed by atoms with van der Waals surface area (Å²) in [7, 11) is 5.93. The van der Waals surface area contributed by atoms with Gasteiger partial charge in [0, 0.05) is 37.3 Å². The number of phenols is 1. The Hall–Kier alpha value is -4.01. The fourth-order valence-electron chi connectivity index (χ4n) is 5.83. The summed E-state index contributed by atoms with van der Waals surface area (Å²) in [4.78, 5) is 52.4. The van der Waals surface area contributed by atoms with Crippen LogP contribution in [0.2, 0.25) is 0 Å². The molecule has 4 rings (SSSR count). The molecule has 0 aliphatic heterocycles. The number of primary amides is 1. The van der Waals surface area contributed by atoms with Gasteiger partial charge in [-0.25, -0.2) is 0 Å². The van der Waals surface area contributed by atoms with E-state index in [1.807, 2.05) is 0 Å². The number of Topliss-reactive ketones (excluding diaryl/α,β-unsaturated/α-hetero) is 2. The first kappa shape index (κ1) is 26.1. The second kappa shape index (κ2) is 8.26. The normalized spacial score (nSPS) is 29.2. The van der Waals surface area contributed by atoms with E-state index in [0.717, 1.165) is 6.07 Å². The van der Waals surface area contributed by atoms with Crippen molar-refractivity contribution in [2.45, 2.75) is 24.2 Å². The number of likely N-dealkylation sites (N-methyl/N-ethyl adjacent to an activating group) is 1. The van der Waals surface area contributed by atoms with Crippen LogP contribution >= 0.6 is 0 Å². The zero-order valence-corrected chi connectivity index (χ0v) is 20.3. The van der Waals surface area contributed by atoms with Crippen LogP contribution in [0.25, 0.3) is 5.76 Å². The van der Waals surface area contributed by atoms with Crippen molar-refractivity contribution in [3.63, 3.8) is 0 Å². The summed E-state index contributed by atoms with van der Waals surface area (Å²) in [5.74, 6) is -9.94. The molecule has 5 atom stereocenters.